The van der Waals surface area contributed by atoms with Crippen LogP contribution in [-0.2, 0) is 30.5 Å². The second kappa shape index (κ2) is 17.7. The van der Waals surface area contributed by atoms with Gasteiger partial charge in [0.2, 0.25) is 5.75 Å². The van der Waals surface area contributed by atoms with Crippen LogP contribution in [0.2, 0.25) is 0 Å². The Morgan fingerprint density at radius 1 is 0.772 bits per heavy atom. The molecule has 0 aromatic heterocycles. The second-order valence-electron chi connectivity index (χ2n) is 16.3. The Morgan fingerprint density at radius 2 is 1.44 bits per heavy atom. The number of aliphatic carboxylic acids is 1. The van der Waals surface area contributed by atoms with Gasteiger partial charge in [-0.15, -0.1) is 0 Å². The highest BCUT2D eigenvalue weighted by molar-refractivity contribution is 5.66. The number of quaternary nitrogens is 1. The third kappa shape index (κ3) is 8.82. The molecule has 4 aliphatic heterocycles. The highest BCUT2D eigenvalue weighted by Crippen LogP contribution is 2.53. The predicted molar refractivity (Wildman–Crippen MR) is 221 cm³/mol. The Morgan fingerprint density at radius 3 is 2.16 bits per heavy atom. The van der Waals surface area contributed by atoms with Crippen LogP contribution in [0.3, 0.4) is 0 Å². The van der Waals surface area contributed by atoms with E-state index in [1.165, 1.54) is 16.7 Å². The van der Waals surface area contributed by atoms with Gasteiger partial charge in [-0.05, 0) is 109 Å². The summed E-state index contributed by atoms with van der Waals surface area (Å²) in [6.07, 6.45) is 10.6. The average molecular weight is 780 g/mol. The molecule has 0 radical (unpaired) electrons. The summed E-state index contributed by atoms with van der Waals surface area (Å²) in [6, 6.07) is 20.8. The van der Waals surface area contributed by atoms with Crippen molar-refractivity contribution >= 4 is 5.97 Å². The summed E-state index contributed by atoms with van der Waals surface area (Å²) >= 11 is 0. The Kier molecular flexibility index (Phi) is 12.5. The Hall–Kier alpha value is -4.93. The van der Waals surface area contributed by atoms with Crippen LogP contribution in [0.15, 0.2) is 60.7 Å². The lowest BCUT2D eigenvalue weighted by atomic mass is 9.85. The van der Waals surface area contributed by atoms with Crippen LogP contribution in [0.5, 0.6) is 46.0 Å². The van der Waals surface area contributed by atoms with Gasteiger partial charge in [0.15, 0.2) is 34.5 Å². The molecule has 4 aromatic rings. The molecule has 0 amide bonds. The molecule has 0 aliphatic carbocycles. The van der Waals surface area contributed by atoms with Crippen LogP contribution in [0.25, 0.3) is 0 Å². The molecule has 10 heteroatoms. The first kappa shape index (κ1) is 40.3. The van der Waals surface area contributed by atoms with Crippen molar-refractivity contribution in [1.29, 1.82) is 0 Å². The van der Waals surface area contributed by atoms with Crippen molar-refractivity contribution in [2.45, 2.75) is 89.1 Å². The van der Waals surface area contributed by atoms with E-state index in [1.807, 2.05) is 24.3 Å². The van der Waals surface area contributed by atoms with Crippen LogP contribution in [0, 0.1) is 0 Å². The predicted octanol–water partition coefficient (Wildman–Crippen LogP) is 9.58. The van der Waals surface area contributed by atoms with E-state index in [9.17, 15) is 9.90 Å². The lowest BCUT2D eigenvalue weighted by Crippen LogP contribution is -2.52. The van der Waals surface area contributed by atoms with Gasteiger partial charge in [0.1, 0.15) is 11.8 Å². The summed E-state index contributed by atoms with van der Waals surface area (Å²) in [4.78, 5) is 13.3. The van der Waals surface area contributed by atoms with Gasteiger partial charge in [0.05, 0.1) is 47.0 Å². The lowest BCUT2D eigenvalue weighted by molar-refractivity contribution is -0.941. The molecule has 4 aromatic carbocycles. The van der Waals surface area contributed by atoms with Crippen molar-refractivity contribution in [1.82, 2.24) is 4.90 Å². The van der Waals surface area contributed by atoms with Gasteiger partial charge in [0.25, 0.3) is 0 Å². The van der Waals surface area contributed by atoms with E-state index in [1.54, 1.807) is 21.3 Å². The number of phenolic OH excluding ortho intramolecular Hbond substituents is 1. The van der Waals surface area contributed by atoms with Gasteiger partial charge < -0.3 is 38.4 Å². The third-order valence-electron chi connectivity index (χ3n) is 12.6. The number of phenols is 1. The van der Waals surface area contributed by atoms with E-state index in [0.717, 1.165) is 111 Å². The summed E-state index contributed by atoms with van der Waals surface area (Å²) in [5, 5.41) is 21.0. The minimum absolute atomic E-state index is 0.0151. The van der Waals surface area contributed by atoms with Gasteiger partial charge in [-0.2, -0.15) is 0 Å². The Balaban J connectivity index is 1.32. The van der Waals surface area contributed by atoms with E-state index in [-0.39, 0.29) is 24.3 Å². The van der Waals surface area contributed by atoms with Crippen LogP contribution in [0.4, 0.5) is 0 Å². The van der Waals surface area contributed by atoms with Crippen molar-refractivity contribution in [2.24, 2.45) is 0 Å². The lowest BCUT2D eigenvalue weighted by Gasteiger charge is -2.46. The molecule has 0 spiro atoms. The number of hydrogen-bond acceptors (Lipinski definition) is 8. The van der Waals surface area contributed by atoms with Crippen molar-refractivity contribution in [3.05, 3.63) is 94.0 Å². The number of benzene rings is 4. The van der Waals surface area contributed by atoms with Gasteiger partial charge in [-0.1, -0.05) is 43.9 Å². The van der Waals surface area contributed by atoms with Gasteiger partial charge >= 0.3 is 5.97 Å². The van der Waals surface area contributed by atoms with Crippen LogP contribution < -0.4 is 23.7 Å². The smallest absolute Gasteiger partial charge is 0.303 e. The number of nitrogens with zero attached hydrogens (tertiary/aromatic N) is 2. The number of unbranched alkanes of at least 4 members (excludes halogenated alkanes) is 6. The number of carbonyl (C=O) groups is 1. The zero-order valence-electron chi connectivity index (χ0n) is 34.3. The number of carboxylic acids is 1. The molecule has 3 atom stereocenters. The van der Waals surface area contributed by atoms with Gasteiger partial charge in [0, 0.05) is 31.8 Å². The largest absolute Gasteiger partial charge is 0.502 e. The van der Waals surface area contributed by atoms with Crippen molar-refractivity contribution in [3.63, 3.8) is 0 Å². The minimum Gasteiger partial charge on any atom is -0.502 e. The van der Waals surface area contributed by atoms with Crippen LogP contribution in [-0.4, -0.2) is 80.6 Å². The van der Waals surface area contributed by atoms with E-state index < -0.39 is 5.97 Å². The molecule has 2 N–H and O–H groups in total. The molecule has 0 saturated heterocycles. The van der Waals surface area contributed by atoms with Crippen molar-refractivity contribution in [3.8, 4) is 46.0 Å². The number of carboxylic acid groups (broad SMARTS) is 1. The quantitative estimate of drug-likeness (QED) is 0.101. The molecule has 57 heavy (non-hydrogen) atoms. The van der Waals surface area contributed by atoms with Gasteiger partial charge in [-0.3, -0.25) is 9.69 Å². The number of aromatic hydroxyl groups is 1. The molecule has 0 fully saturated rings. The molecular formula is C47H59N2O8+. The summed E-state index contributed by atoms with van der Waals surface area (Å²) in [7, 11) is 9.46. The third-order valence-corrected chi connectivity index (χ3v) is 12.6. The SMILES string of the molecule is COc1ccc2cc1Oc1ccc(cc1)CC1c3cc(c(OC)cc3CCN1C)Oc1c(O)c(OC)cc3c1C(C2)[N+](C)(CCCCCCCCCC(=O)O)CC3. The van der Waals surface area contributed by atoms with Gasteiger partial charge in [-0.25, -0.2) is 0 Å². The summed E-state index contributed by atoms with van der Waals surface area (Å²) in [5.74, 6) is 3.35. The number of rotatable bonds is 13. The van der Waals surface area contributed by atoms with Crippen LogP contribution in [0.1, 0.15) is 96.8 Å². The Labute approximate surface area is 337 Å². The standard InChI is InChI=1S/C47H58N2O8/c1-48-22-20-33-28-40(54-4)42-30-36(33)37(48)25-31-14-17-35(18-15-31)56-41-27-32(16-19-39(41)53-3)26-38-45-34(29-43(55-5)46(52)47(45)57-42)21-24-49(38,2)23-12-10-8-6-7-9-11-13-44(50)51/h14-19,27-30,37-38H,6-13,20-26H2,1-5H3,(H-,50,51,52)/p+1. The first-order chi connectivity index (χ1) is 27.6. The number of methoxy groups -OCH3 is 3. The van der Waals surface area contributed by atoms with Crippen molar-refractivity contribution in [2.75, 3.05) is 55.1 Å². The molecule has 0 saturated carbocycles. The topological polar surface area (TPSA) is 107 Å². The summed E-state index contributed by atoms with van der Waals surface area (Å²) in [6.45, 7) is 2.80. The monoisotopic (exact) mass is 779 g/mol. The second-order valence-corrected chi connectivity index (χ2v) is 16.3. The molecule has 3 unspecified atom stereocenters. The molecule has 10 nitrogen and oxygen atoms in total. The zero-order chi connectivity index (χ0) is 40.1. The molecule has 6 bridgehead atoms. The van der Waals surface area contributed by atoms with E-state index in [2.05, 4.69) is 55.4 Å². The number of ether oxygens (including phenoxy) is 5. The zero-order valence-corrected chi connectivity index (χ0v) is 34.3. The van der Waals surface area contributed by atoms with E-state index in [0.29, 0.717) is 40.9 Å². The maximum absolute atomic E-state index is 12.1. The summed E-state index contributed by atoms with van der Waals surface area (Å²) < 4.78 is 32.0. The number of fused-ring (bicyclic) bond motifs is 2. The molecule has 4 heterocycles. The first-order valence-corrected chi connectivity index (χ1v) is 20.6. The molecule has 4 aliphatic rings. The molecular weight excluding hydrogens is 721 g/mol. The summed E-state index contributed by atoms with van der Waals surface area (Å²) in [5.41, 5.74) is 6.81. The maximum atomic E-state index is 12.1. The normalized spacial score (nSPS) is 20.0. The highest BCUT2D eigenvalue weighted by atomic mass is 16.5. The fourth-order valence-electron chi connectivity index (χ4n) is 9.23. The molecule has 304 valence electrons. The van der Waals surface area contributed by atoms with Crippen LogP contribution >= 0.6 is 0 Å². The van der Waals surface area contributed by atoms with E-state index in [4.69, 9.17) is 28.8 Å². The number of hydrogen-bond donors (Lipinski definition) is 2. The number of likely N-dealkylation sites (N-methyl/N-ethyl adjacent to an activating group) is 2. The average Bonchev–Trinajstić information content (AvgIpc) is 3.20. The maximum Gasteiger partial charge on any atom is 0.303 e. The van der Waals surface area contributed by atoms with Crippen molar-refractivity contribution < 1.29 is 43.2 Å². The van der Waals surface area contributed by atoms with E-state index >= 15 is 0 Å². The highest BCUT2D eigenvalue weighted by Gasteiger charge is 2.43. The fourth-order valence-corrected chi connectivity index (χ4v) is 9.23. The molecule has 8 rings (SSSR count). The minimum atomic E-state index is -0.717. The Bertz CT molecular complexity index is 2050. The fraction of sp³-hybridized carbons (Fsp3) is 0.468. The first-order valence-electron chi connectivity index (χ1n) is 20.6.